The van der Waals surface area contributed by atoms with Gasteiger partial charge < -0.3 is 15.0 Å². The van der Waals surface area contributed by atoms with Crippen LogP contribution in [0.15, 0.2) is 18.2 Å². The number of nitrogens with zero attached hydrogens (tertiary/aromatic N) is 1. The van der Waals surface area contributed by atoms with Crippen LogP contribution in [0.3, 0.4) is 0 Å². The minimum absolute atomic E-state index is 0.00322. The van der Waals surface area contributed by atoms with Crippen molar-refractivity contribution in [2.75, 3.05) is 13.1 Å². The zero-order chi connectivity index (χ0) is 17.0. The number of piperidine rings is 1. The predicted octanol–water partition coefficient (Wildman–Crippen LogP) is 2.89. The molecular weight excluding hydrogens is 339 g/mol. The zero-order valence-corrected chi connectivity index (χ0v) is 14.7. The fraction of sp³-hybridized carbons (Fsp3) is 0.500. The molecule has 2 unspecified atom stereocenters. The zero-order valence-electron chi connectivity index (χ0n) is 13.1. The topological polar surface area (TPSA) is 58.6 Å². The molecule has 0 spiro atoms. The molecule has 0 radical (unpaired) electrons. The van der Waals surface area contributed by atoms with Crippen LogP contribution in [0.5, 0.6) is 5.75 Å². The fourth-order valence-corrected chi connectivity index (χ4v) is 3.10. The van der Waals surface area contributed by atoms with Gasteiger partial charge in [-0.2, -0.15) is 0 Å². The van der Waals surface area contributed by atoms with Gasteiger partial charge in [0, 0.05) is 31.1 Å². The second-order valence-corrected chi connectivity index (χ2v) is 6.50. The predicted molar refractivity (Wildman–Crippen MR) is 90.0 cm³/mol. The van der Waals surface area contributed by atoms with Gasteiger partial charge in [0.2, 0.25) is 5.91 Å². The number of halogens is 2. The third-order valence-electron chi connectivity index (χ3n) is 3.69. The SMILES string of the molecule is CC(=O)NC1CCCN(C(=O)C(C)Oc2ccc(Cl)cc2Cl)C1. The third kappa shape index (κ3) is 5.01. The quantitative estimate of drug-likeness (QED) is 0.899. The van der Waals surface area contributed by atoms with Gasteiger partial charge in [-0.15, -0.1) is 0 Å². The molecule has 2 rings (SSSR count). The molecule has 23 heavy (non-hydrogen) atoms. The van der Waals surface area contributed by atoms with E-state index >= 15 is 0 Å². The summed E-state index contributed by atoms with van der Waals surface area (Å²) in [6.07, 6.45) is 1.07. The van der Waals surface area contributed by atoms with Crippen molar-refractivity contribution in [1.29, 1.82) is 0 Å². The van der Waals surface area contributed by atoms with Gasteiger partial charge >= 0.3 is 0 Å². The molecular formula is C16H20Cl2N2O3. The average molecular weight is 359 g/mol. The van der Waals surface area contributed by atoms with Crippen LogP contribution >= 0.6 is 23.2 Å². The molecule has 1 aliphatic heterocycles. The Hall–Kier alpha value is -1.46. The summed E-state index contributed by atoms with van der Waals surface area (Å²) >= 11 is 11.9. The molecule has 1 fully saturated rings. The molecule has 1 aliphatic rings. The Kier molecular flexibility index (Phi) is 6.13. The van der Waals surface area contributed by atoms with E-state index in [1.807, 2.05) is 0 Å². The van der Waals surface area contributed by atoms with Crippen LogP contribution in [-0.4, -0.2) is 41.9 Å². The highest BCUT2D eigenvalue weighted by Crippen LogP contribution is 2.28. The van der Waals surface area contributed by atoms with Crippen LogP contribution in [0.1, 0.15) is 26.7 Å². The lowest BCUT2D eigenvalue weighted by molar-refractivity contribution is -0.139. The van der Waals surface area contributed by atoms with Gasteiger partial charge in [0.1, 0.15) is 5.75 Å². The normalized spacial score (nSPS) is 19.1. The minimum Gasteiger partial charge on any atom is -0.479 e. The first kappa shape index (κ1) is 17.9. The smallest absolute Gasteiger partial charge is 0.263 e. The van der Waals surface area contributed by atoms with E-state index in [-0.39, 0.29) is 17.9 Å². The monoisotopic (exact) mass is 358 g/mol. The van der Waals surface area contributed by atoms with Crippen LogP contribution in [0.4, 0.5) is 0 Å². The number of hydrogen-bond acceptors (Lipinski definition) is 3. The number of amides is 2. The molecule has 7 heteroatoms. The summed E-state index contributed by atoms with van der Waals surface area (Å²) in [5.41, 5.74) is 0. The van der Waals surface area contributed by atoms with Crippen molar-refractivity contribution < 1.29 is 14.3 Å². The van der Waals surface area contributed by atoms with Crippen molar-refractivity contribution in [3.63, 3.8) is 0 Å². The Bertz CT molecular complexity index is 595. The Morgan fingerprint density at radius 2 is 2.13 bits per heavy atom. The largest absolute Gasteiger partial charge is 0.479 e. The maximum absolute atomic E-state index is 12.5. The number of carbonyl (C=O) groups excluding carboxylic acids is 2. The van der Waals surface area contributed by atoms with Gasteiger partial charge in [-0.3, -0.25) is 9.59 Å². The first-order valence-electron chi connectivity index (χ1n) is 7.54. The highest BCUT2D eigenvalue weighted by atomic mass is 35.5. The number of nitrogens with one attached hydrogen (secondary N) is 1. The van der Waals surface area contributed by atoms with E-state index in [0.717, 1.165) is 12.8 Å². The Morgan fingerprint density at radius 3 is 2.78 bits per heavy atom. The number of likely N-dealkylation sites (tertiary alicyclic amines) is 1. The first-order chi connectivity index (χ1) is 10.9. The van der Waals surface area contributed by atoms with Crippen molar-refractivity contribution in [3.05, 3.63) is 28.2 Å². The van der Waals surface area contributed by atoms with Crippen LogP contribution in [0.2, 0.25) is 10.0 Å². The Morgan fingerprint density at radius 1 is 1.39 bits per heavy atom. The van der Waals surface area contributed by atoms with Crippen molar-refractivity contribution in [2.24, 2.45) is 0 Å². The van der Waals surface area contributed by atoms with Gasteiger partial charge in [-0.1, -0.05) is 23.2 Å². The van der Waals surface area contributed by atoms with Gasteiger partial charge in [-0.05, 0) is 38.0 Å². The average Bonchev–Trinajstić information content (AvgIpc) is 2.49. The van der Waals surface area contributed by atoms with E-state index in [2.05, 4.69) is 5.32 Å². The molecule has 126 valence electrons. The molecule has 1 saturated heterocycles. The molecule has 1 aromatic carbocycles. The highest BCUT2D eigenvalue weighted by molar-refractivity contribution is 6.35. The summed E-state index contributed by atoms with van der Waals surface area (Å²) in [5.74, 6) is 0.222. The lowest BCUT2D eigenvalue weighted by Crippen LogP contribution is -2.52. The summed E-state index contributed by atoms with van der Waals surface area (Å²) in [6, 6.07) is 4.87. The molecule has 0 aromatic heterocycles. The van der Waals surface area contributed by atoms with E-state index in [1.54, 1.807) is 30.0 Å². The highest BCUT2D eigenvalue weighted by Gasteiger charge is 2.28. The molecule has 0 aliphatic carbocycles. The number of benzene rings is 1. The molecule has 1 N–H and O–H groups in total. The number of hydrogen-bond donors (Lipinski definition) is 1. The second kappa shape index (κ2) is 7.88. The van der Waals surface area contributed by atoms with Crippen LogP contribution in [-0.2, 0) is 9.59 Å². The first-order valence-corrected chi connectivity index (χ1v) is 8.30. The molecule has 5 nitrogen and oxygen atoms in total. The summed E-state index contributed by atoms with van der Waals surface area (Å²) in [4.78, 5) is 25.4. The van der Waals surface area contributed by atoms with Crippen LogP contribution in [0, 0.1) is 0 Å². The molecule has 0 saturated carbocycles. The number of carbonyl (C=O) groups is 2. The van der Waals surface area contributed by atoms with Crippen LogP contribution in [0.25, 0.3) is 0 Å². The third-order valence-corrected chi connectivity index (χ3v) is 4.22. The number of ether oxygens (including phenoxy) is 1. The Labute approximate surface area is 145 Å². The Balaban J connectivity index is 1.97. The molecule has 2 atom stereocenters. The van der Waals surface area contributed by atoms with E-state index in [1.165, 1.54) is 6.92 Å². The molecule has 2 amide bonds. The van der Waals surface area contributed by atoms with E-state index in [0.29, 0.717) is 28.9 Å². The van der Waals surface area contributed by atoms with E-state index in [9.17, 15) is 9.59 Å². The summed E-state index contributed by atoms with van der Waals surface area (Å²) < 4.78 is 5.66. The fourth-order valence-electron chi connectivity index (χ4n) is 2.65. The lowest BCUT2D eigenvalue weighted by Gasteiger charge is -2.34. The second-order valence-electron chi connectivity index (χ2n) is 5.66. The van der Waals surface area contributed by atoms with Crippen molar-refractivity contribution in [3.8, 4) is 5.75 Å². The molecule has 1 aromatic rings. The summed E-state index contributed by atoms with van der Waals surface area (Å²) in [6.45, 7) is 4.34. The summed E-state index contributed by atoms with van der Waals surface area (Å²) in [5, 5.41) is 3.74. The molecule has 1 heterocycles. The maximum Gasteiger partial charge on any atom is 0.263 e. The number of rotatable bonds is 4. The van der Waals surface area contributed by atoms with Gasteiger partial charge in [0.25, 0.3) is 5.91 Å². The molecule has 0 bridgehead atoms. The van der Waals surface area contributed by atoms with Crippen LogP contribution < -0.4 is 10.1 Å². The summed E-state index contributed by atoms with van der Waals surface area (Å²) in [7, 11) is 0. The van der Waals surface area contributed by atoms with E-state index < -0.39 is 6.10 Å². The standard InChI is InChI=1S/C16H20Cl2N2O3/c1-10(23-15-6-5-12(17)8-14(15)18)16(22)20-7-3-4-13(9-20)19-11(2)21/h5-6,8,10,13H,3-4,7,9H2,1-2H3,(H,19,21). The van der Waals surface area contributed by atoms with Gasteiger partial charge in [0.05, 0.1) is 5.02 Å². The minimum atomic E-state index is -0.662. The van der Waals surface area contributed by atoms with Crippen molar-refractivity contribution in [1.82, 2.24) is 10.2 Å². The van der Waals surface area contributed by atoms with Crippen molar-refractivity contribution >= 4 is 35.0 Å². The van der Waals surface area contributed by atoms with Crippen molar-refractivity contribution in [2.45, 2.75) is 38.8 Å². The van der Waals surface area contributed by atoms with Gasteiger partial charge in [0.15, 0.2) is 6.10 Å². The van der Waals surface area contributed by atoms with Gasteiger partial charge in [-0.25, -0.2) is 0 Å². The maximum atomic E-state index is 12.5. The lowest BCUT2D eigenvalue weighted by atomic mass is 10.1. The van der Waals surface area contributed by atoms with E-state index in [4.69, 9.17) is 27.9 Å².